The highest BCUT2D eigenvalue weighted by Crippen LogP contribution is 2.26. The molecule has 0 aliphatic carbocycles. The van der Waals surface area contributed by atoms with Crippen molar-refractivity contribution >= 4 is 0 Å². The van der Waals surface area contributed by atoms with E-state index in [0.717, 1.165) is 25.7 Å². The van der Waals surface area contributed by atoms with Gasteiger partial charge in [-0.25, -0.2) is 0 Å². The molecule has 1 atom stereocenters. The number of hydrogen-bond donors (Lipinski definition) is 1. The van der Waals surface area contributed by atoms with Gasteiger partial charge < -0.3 is 10.1 Å². The molecule has 0 aromatic heterocycles. The van der Waals surface area contributed by atoms with E-state index >= 15 is 0 Å². The number of hydrogen-bond acceptors (Lipinski definition) is 3. The normalized spacial score (nSPS) is 34.1. The van der Waals surface area contributed by atoms with Crippen LogP contribution in [-0.4, -0.2) is 49.8 Å². The van der Waals surface area contributed by atoms with Crippen LogP contribution in [0, 0.1) is 5.92 Å². The largest absolute Gasteiger partial charge is 0.378 e. The van der Waals surface area contributed by atoms with Crippen LogP contribution >= 0.6 is 0 Å². The van der Waals surface area contributed by atoms with E-state index in [2.05, 4.69) is 24.1 Å². The van der Waals surface area contributed by atoms with Crippen molar-refractivity contribution in [2.24, 2.45) is 5.92 Å². The molecule has 0 amide bonds. The van der Waals surface area contributed by atoms with Gasteiger partial charge in [0.1, 0.15) is 0 Å². The lowest BCUT2D eigenvalue weighted by molar-refractivity contribution is -0.0691. The third-order valence-electron chi connectivity index (χ3n) is 4.38. The number of piperidine rings is 1. The van der Waals surface area contributed by atoms with E-state index in [0.29, 0.717) is 0 Å². The average Bonchev–Trinajstić information content (AvgIpc) is 2.34. The standard InChI is InChI=1S/C13H26N2O/c1-3-13(2)11-16-9-8-15(13)10-12-4-6-14-7-5-12/h12,14H,3-11H2,1-2H3. The quantitative estimate of drug-likeness (QED) is 0.789. The fourth-order valence-electron chi connectivity index (χ4n) is 2.84. The minimum Gasteiger partial charge on any atom is -0.378 e. The van der Waals surface area contributed by atoms with E-state index in [1.54, 1.807) is 0 Å². The second-order valence-electron chi connectivity index (χ2n) is 5.54. The molecule has 2 heterocycles. The van der Waals surface area contributed by atoms with Gasteiger partial charge in [0.15, 0.2) is 0 Å². The van der Waals surface area contributed by atoms with Crippen molar-refractivity contribution in [3.63, 3.8) is 0 Å². The molecule has 0 aromatic carbocycles. The van der Waals surface area contributed by atoms with Crippen LogP contribution in [0.1, 0.15) is 33.1 Å². The summed E-state index contributed by atoms with van der Waals surface area (Å²) in [6.45, 7) is 11.3. The molecule has 16 heavy (non-hydrogen) atoms. The second-order valence-corrected chi connectivity index (χ2v) is 5.54. The van der Waals surface area contributed by atoms with Crippen LogP contribution in [-0.2, 0) is 4.74 Å². The molecule has 0 bridgehead atoms. The second kappa shape index (κ2) is 5.48. The van der Waals surface area contributed by atoms with Crippen molar-refractivity contribution in [1.29, 1.82) is 0 Å². The third kappa shape index (κ3) is 2.76. The van der Waals surface area contributed by atoms with E-state index in [9.17, 15) is 0 Å². The lowest BCUT2D eigenvalue weighted by Gasteiger charge is -2.46. The summed E-state index contributed by atoms with van der Waals surface area (Å²) in [5, 5.41) is 3.44. The molecule has 0 aromatic rings. The zero-order chi connectivity index (χ0) is 11.4. The fourth-order valence-corrected chi connectivity index (χ4v) is 2.84. The molecule has 2 rings (SSSR count). The van der Waals surface area contributed by atoms with Crippen molar-refractivity contribution in [1.82, 2.24) is 10.2 Å². The molecule has 2 saturated heterocycles. The summed E-state index contributed by atoms with van der Waals surface area (Å²) in [5.41, 5.74) is 0.281. The third-order valence-corrected chi connectivity index (χ3v) is 4.38. The molecule has 2 aliphatic heterocycles. The van der Waals surface area contributed by atoms with Gasteiger partial charge in [-0.3, -0.25) is 4.90 Å². The van der Waals surface area contributed by atoms with Gasteiger partial charge >= 0.3 is 0 Å². The van der Waals surface area contributed by atoms with Crippen LogP contribution in [0.4, 0.5) is 0 Å². The molecule has 2 fully saturated rings. The highest BCUT2D eigenvalue weighted by Gasteiger charge is 2.34. The molecule has 1 N–H and O–H groups in total. The van der Waals surface area contributed by atoms with Gasteiger partial charge in [0.2, 0.25) is 0 Å². The van der Waals surface area contributed by atoms with Crippen molar-refractivity contribution < 1.29 is 4.74 Å². The first kappa shape index (κ1) is 12.3. The SMILES string of the molecule is CCC1(C)COCCN1CC1CCNCC1. The summed E-state index contributed by atoms with van der Waals surface area (Å²) in [6.07, 6.45) is 3.88. The lowest BCUT2D eigenvalue weighted by Crippen LogP contribution is -2.56. The molecular weight excluding hydrogens is 200 g/mol. The summed E-state index contributed by atoms with van der Waals surface area (Å²) in [4.78, 5) is 2.67. The predicted molar refractivity (Wildman–Crippen MR) is 66.7 cm³/mol. The van der Waals surface area contributed by atoms with Gasteiger partial charge in [-0.1, -0.05) is 6.92 Å². The molecule has 0 spiro atoms. The maximum atomic E-state index is 5.64. The molecule has 3 nitrogen and oxygen atoms in total. The Hall–Kier alpha value is -0.120. The summed E-state index contributed by atoms with van der Waals surface area (Å²) in [7, 11) is 0. The van der Waals surface area contributed by atoms with E-state index in [-0.39, 0.29) is 5.54 Å². The van der Waals surface area contributed by atoms with Crippen molar-refractivity contribution in [3.8, 4) is 0 Å². The maximum Gasteiger partial charge on any atom is 0.0648 e. The zero-order valence-electron chi connectivity index (χ0n) is 10.8. The summed E-state index contributed by atoms with van der Waals surface area (Å²) >= 11 is 0. The highest BCUT2D eigenvalue weighted by atomic mass is 16.5. The first-order chi connectivity index (χ1) is 7.74. The minimum atomic E-state index is 0.281. The average molecular weight is 226 g/mol. The van der Waals surface area contributed by atoms with Gasteiger partial charge in [-0.15, -0.1) is 0 Å². The minimum absolute atomic E-state index is 0.281. The Morgan fingerprint density at radius 3 is 2.81 bits per heavy atom. The lowest BCUT2D eigenvalue weighted by atomic mass is 9.91. The molecular formula is C13H26N2O. The zero-order valence-corrected chi connectivity index (χ0v) is 10.8. The van der Waals surface area contributed by atoms with E-state index in [1.165, 1.54) is 38.9 Å². The first-order valence-corrected chi connectivity index (χ1v) is 6.78. The Kier molecular flexibility index (Phi) is 4.22. The highest BCUT2D eigenvalue weighted by molar-refractivity contribution is 4.89. The Labute approximate surface area is 99.5 Å². The van der Waals surface area contributed by atoms with E-state index in [4.69, 9.17) is 4.74 Å². The smallest absolute Gasteiger partial charge is 0.0648 e. The van der Waals surface area contributed by atoms with Crippen LogP contribution in [0.15, 0.2) is 0 Å². The predicted octanol–water partition coefficient (Wildman–Crippen LogP) is 1.49. The van der Waals surface area contributed by atoms with Crippen LogP contribution in [0.25, 0.3) is 0 Å². The van der Waals surface area contributed by atoms with Crippen LogP contribution < -0.4 is 5.32 Å². The van der Waals surface area contributed by atoms with E-state index in [1.807, 2.05) is 0 Å². The van der Waals surface area contributed by atoms with Gasteiger partial charge in [-0.05, 0) is 45.2 Å². The molecule has 94 valence electrons. The van der Waals surface area contributed by atoms with Crippen molar-refractivity contribution in [2.45, 2.75) is 38.6 Å². The number of nitrogens with one attached hydrogen (secondary N) is 1. The molecule has 3 heteroatoms. The van der Waals surface area contributed by atoms with Crippen molar-refractivity contribution in [3.05, 3.63) is 0 Å². The number of morpholine rings is 1. The van der Waals surface area contributed by atoms with Gasteiger partial charge in [-0.2, -0.15) is 0 Å². The summed E-state index contributed by atoms with van der Waals surface area (Å²) < 4.78 is 5.64. The number of nitrogens with zero attached hydrogens (tertiary/aromatic N) is 1. The summed E-state index contributed by atoms with van der Waals surface area (Å²) in [5.74, 6) is 0.894. The Morgan fingerprint density at radius 1 is 1.38 bits per heavy atom. The van der Waals surface area contributed by atoms with Crippen molar-refractivity contribution in [2.75, 3.05) is 39.4 Å². The molecule has 0 saturated carbocycles. The van der Waals surface area contributed by atoms with Crippen LogP contribution in [0.5, 0.6) is 0 Å². The Bertz CT molecular complexity index is 216. The van der Waals surface area contributed by atoms with Gasteiger partial charge in [0.05, 0.1) is 13.2 Å². The fraction of sp³-hybridized carbons (Fsp3) is 1.00. The van der Waals surface area contributed by atoms with E-state index < -0.39 is 0 Å². The topological polar surface area (TPSA) is 24.5 Å². The summed E-state index contributed by atoms with van der Waals surface area (Å²) in [6, 6.07) is 0. The molecule has 1 unspecified atom stereocenters. The van der Waals surface area contributed by atoms with Gasteiger partial charge in [0, 0.05) is 18.6 Å². The number of ether oxygens (including phenoxy) is 1. The molecule has 0 radical (unpaired) electrons. The first-order valence-electron chi connectivity index (χ1n) is 6.78. The van der Waals surface area contributed by atoms with Crippen LogP contribution in [0.2, 0.25) is 0 Å². The maximum absolute atomic E-state index is 5.64. The molecule has 2 aliphatic rings. The van der Waals surface area contributed by atoms with Crippen LogP contribution in [0.3, 0.4) is 0 Å². The monoisotopic (exact) mass is 226 g/mol. The van der Waals surface area contributed by atoms with Gasteiger partial charge in [0.25, 0.3) is 0 Å². The number of rotatable bonds is 3. The Balaban J connectivity index is 1.90. The Morgan fingerprint density at radius 2 is 2.12 bits per heavy atom.